The van der Waals surface area contributed by atoms with E-state index in [0.717, 1.165) is 11.4 Å². The summed E-state index contributed by atoms with van der Waals surface area (Å²) in [6.45, 7) is 2.24. The molecule has 1 heterocycles. The van der Waals surface area contributed by atoms with Crippen molar-refractivity contribution >= 4 is 11.6 Å². The van der Waals surface area contributed by atoms with E-state index in [1.807, 2.05) is 50.4 Å². The van der Waals surface area contributed by atoms with Gasteiger partial charge in [-0.2, -0.15) is 0 Å². The molecule has 3 N–H and O–H groups in total. The number of aromatic nitrogens is 2. The highest BCUT2D eigenvalue weighted by Gasteiger charge is 2.07. The normalized spacial score (nSPS) is 11.9. The molecule has 0 aliphatic heterocycles. The molecule has 1 unspecified atom stereocenters. The Morgan fingerprint density at radius 2 is 1.84 bits per heavy atom. The van der Waals surface area contributed by atoms with Crippen LogP contribution in [-0.2, 0) is 0 Å². The third-order valence-corrected chi connectivity index (χ3v) is 2.75. The van der Waals surface area contributed by atoms with Crippen LogP contribution in [-0.4, -0.2) is 28.7 Å². The van der Waals surface area contributed by atoms with Crippen LogP contribution in [0.4, 0.5) is 11.6 Å². The maximum atomic E-state index is 10.1. The topological polar surface area (TPSA) is 70.1 Å². The molecule has 2 aromatic rings. The molecule has 0 fully saturated rings. The first-order chi connectivity index (χ1) is 9.19. The predicted octanol–water partition coefficient (Wildman–Crippen LogP) is 1.97. The van der Waals surface area contributed by atoms with Crippen molar-refractivity contribution in [3.8, 4) is 0 Å². The van der Waals surface area contributed by atoms with Gasteiger partial charge in [0, 0.05) is 19.7 Å². The minimum atomic E-state index is -0.561. The van der Waals surface area contributed by atoms with E-state index in [0.29, 0.717) is 18.2 Å². The minimum absolute atomic E-state index is 0.406. The summed E-state index contributed by atoms with van der Waals surface area (Å²) in [6.07, 6.45) is -0.561. The van der Waals surface area contributed by atoms with Gasteiger partial charge in [0.15, 0.2) is 0 Å². The second-order valence-electron chi connectivity index (χ2n) is 4.24. The zero-order valence-corrected chi connectivity index (χ0v) is 11.1. The fraction of sp³-hybridized carbons (Fsp3) is 0.286. The van der Waals surface area contributed by atoms with Crippen LogP contribution in [0.1, 0.15) is 17.5 Å². The Labute approximate surface area is 112 Å². The van der Waals surface area contributed by atoms with E-state index in [-0.39, 0.29) is 0 Å². The van der Waals surface area contributed by atoms with Gasteiger partial charge in [-0.05, 0) is 12.5 Å². The lowest BCUT2D eigenvalue weighted by Gasteiger charge is -2.13. The van der Waals surface area contributed by atoms with Crippen LogP contribution in [0.5, 0.6) is 0 Å². The van der Waals surface area contributed by atoms with E-state index in [9.17, 15) is 5.11 Å². The molecule has 0 saturated heterocycles. The summed E-state index contributed by atoms with van der Waals surface area (Å²) in [7, 11) is 1.81. The fourth-order valence-electron chi connectivity index (χ4n) is 1.78. The van der Waals surface area contributed by atoms with Crippen molar-refractivity contribution in [3.63, 3.8) is 0 Å². The Morgan fingerprint density at radius 3 is 2.53 bits per heavy atom. The quantitative estimate of drug-likeness (QED) is 0.765. The van der Waals surface area contributed by atoms with Crippen molar-refractivity contribution in [2.45, 2.75) is 13.0 Å². The Bertz CT molecular complexity index is 530. The molecule has 0 radical (unpaired) electrons. The van der Waals surface area contributed by atoms with Gasteiger partial charge in [0.1, 0.15) is 17.5 Å². The van der Waals surface area contributed by atoms with E-state index in [1.165, 1.54) is 0 Å². The van der Waals surface area contributed by atoms with E-state index >= 15 is 0 Å². The SMILES string of the molecule is CNc1cc(NCC(O)c2ccccc2)nc(C)n1. The zero-order chi connectivity index (χ0) is 13.7. The average Bonchev–Trinajstić information content (AvgIpc) is 2.45. The lowest BCUT2D eigenvalue weighted by Crippen LogP contribution is -2.13. The number of hydrogen-bond donors (Lipinski definition) is 3. The van der Waals surface area contributed by atoms with Crippen LogP contribution in [0.2, 0.25) is 0 Å². The zero-order valence-electron chi connectivity index (χ0n) is 11.1. The highest BCUT2D eigenvalue weighted by molar-refractivity contribution is 5.47. The van der Waals surface area contributed by atoms with Crippen molar-refractivity contribution < 1.29 is 5.11 Å². The van der Waals surface area contributed by atoms with Gasteiger partial charge < -0.3 is 15.7 Å². The van der Waals surface area contributed by atoms with Crippen LogP contribution in [0, 0.1) is 6.92 Å². The molecule has 0 bridgehead atoms. The van der Waals surface area contributed by atoms with Crippen molar-refractivity contribution in [1.82, 2.24) is 9.97 Å². The standard InChI is InChI=1S/C14H18N4O/c1-10-17-13(15-2)8-14(18-10)16-9-12(19)11-6-4-3-5-7-11/h3-8,12,19H,9H2,1-2H3,(H2,15,16,17,18). The van der Waals surface area contributed by atoms with Crippen molar-refractivity contribution in [3.05, 3.63) is 47.8 Å². The van der Waals surface area contributed by atoms with Gasteiger partial charge >= 0.3 is 0 Å². The molecule has 5 nitrogen and oxygen atoms in total. The lowest BCUT2D eigenvalue weighted by atomic mass is 10.1. The van der Waals surface area contributed by atoms with E-state index in [1.54, 1.807) is 0 Å². The number of nitrogens with one attached hydrogen (secondary N) is 2. The smallest absolute Gasteiger partial charge is 0.131 e. The molecule has 5 heteroatoms. The molecular formula is C14H18N4O. The van der Waals surface area contributed by atoms with Gasteiger partial charge in [0.05, 0.1) is 6.10 Å². The number of hydrogen-bond acceptors (Lipinski definition) is 5. The van der Waals surface area contributed by atoms with Crippen LogP contribution < -0.4 is 10.6 Å². The number of nitrogens with zero attached hydrogens (tertiary/aromatic N) is 2. The summed E-state index contributed by atoms with van der Waals surface area (Å²) in [5.41, 5.74) is 0.884. The summed E-state index contributed by atoms with van der Waals surface area (Å²) in [5.74, 6) is 2.14. The van der Waals surface area contributed by atoms with Gasteiger partial charge in [0.2, 0.25) is 0 Å². The van der Waals surface area contributed by atoms with E-state index in [2.05, 4.69) is 20.6 Å². The number of aliphatic hydroxyl groups is 1. The van der Waals surface area contributed by atoms with Gasteiger partial charge in [0.25, 0.3) is 0 Å². The molecule has 0 spiro atoms. The maximum absolute atomic E-state index is 10.1. The molecule has 0 aliphatic rings. The largest absolute Gasteiger partial charge is 0.387 e. The molecular weight excluding hydrogens is 240 g/mol. The Morgan fingerprint density at radius 1 is 1.16 bits per heavy atom. The predicted molar refractivity (Wildman–Crippen MR) is 76.2 cm³/mol. The molecule has 0 aliphatic carbocycles. The number of benzene rings is 1. The monoisotopic (exact) mass is 258 g/mol. The van der Waals surface area contributed by atoms with Crippen molar-refractivity contribution in [2.75, 3.05) is 24.2 Å². The fourth-order valence-corrected chi connectivity index (χ4v) is 1.78. The average molecular weight is 258 g/mol. The first-order valence-corrected chi connectivity index (χ1v) is 6.19. The maximum Gasteiger partial charge on any atom is 0.131 e. The second-order valence-corrected chi connectivity index (χ2v) is 4.24. The number of anilines is 2. The van der Waals surface area contributed by atoms with Gasteiger partial charge in [-0.25, -0.2) is 9.97 Å². The third kappa shape index (κ3) is 3.66. The summed E-state index contributed by atoms with van der Waals surface area (Å²) < 4.78 is 0. The van der Waals surface area contributed by atoms with Gasteiger partial charge in [-0.1, -0.05) is 30.3 Å². The Hall–Kier alpha value is -2.14. The second kappa shape index (κ2) is 6.15. The van der Waals surface area contributed by atoms with Crippen LogP contribution >= 0.6 is 0 Å². The third-order valence-electron chi connectivity index (χ3n) is 2.75. The lowest BCUT2D eigenvalue weighted by molar-refractivity contribution is 0.191. The summed E-state index contributed by atoms with van der Waals surface area (Å²) in [5, 5.41) is 16.1. The van der Waals surface area contributed by atoms with Gasteiger partial charge in [-0.15, -0.1) is 0 Å². The molecule has 1 atom stereocenters. The number of aryl methyl sites for hydroxylation is 1. The summed E-state index contributed by atoms with van der Waals surface area (Å²) in [6, 6.07) is 11.4. The number of aliphatic hydroxyl groups excluding tert-OH is 1. The first-order valence-electron chi connectivity index (χ1n) is 6.19. The molecule has 19 heavy (non-hydrogen) atoms. The highest BCUT2D eigenvalue weighted by Crippen LogP contribution is 2.15. The van der Waals surface area contributed by atoms with E-state index in [4.69, 9.17) is 0 Å². The van der Waals surface area contributed by atoms with Crippen LogP contribution in [0.15, 0.2) is 36.4 Å². The van der Waals surface area contributed by atoms with Crippen molar-refractivity contribution in [1.29, 1.82) is 0 Å². The molecule has 2 rings (SSSR count). The Kier molecular flexibility index (Phi) is 4.30. The summed E-state index contributed by atoms with van der Waals surface area (Å²) >= 11 is 0. The molecule has 100 valence electrons. The first kappa shape index (κ1) is 13.3. The Balaban J connectivity index is 2.01. The van der Waals surface area contributed by atoms with Gasteiger partial charge in [-0.3, -0.25) is 0 Å². The number of rotatable bonds is 5. The molecule has 1 aromatic heterocycles. The van der Waals surface area contributed by atoms with E-state index < -0.39 is 6.10 Å². The minimum Gasteiger partial charge on any atom is -0.387 e. The highest BCUT2D eigenvalue weighted by atomic mass is 16.3. The molecule has 0 amide bonds. The van der Waals surface area contributed by atoms with Crippen LogP contribution in [0.25, 0.3) is 0 Å². The van der Waals surface area contributed by atoms with Crippen LogP contribution in [0.3, 0.4) is 0 Å². The molecule has 0 saturated carbocycles. The van der Waals surface area contributed by atoms with Crippen molar-refractivity contribution in [2.24, 2.45) is 0 Å². The molecule has 1 aromatic carbocycles. The summed E-state index contributed by atoms with van der Waals surface area (Å²) in [4.78, 5) is 8.49.